The van der Waals surface area contributed by atoms with Crippen molar-refractivity contribution in [3.63, 3.8) is 0 Å². The molecule has 144 valence electrons. The summed E-state index contributed by atoms with van der Waals surface area (Å²) in [5.41, 5.74) is -2.19. The van der Waals surface area contributed by atoms with Gasteiger partial charge in [0, 0.05) is 10.5 Å². The van der Waals surface area contributed by atoms with Crippen LogP contribution >= 0.6 is 15.9 Å². The van der Waals surface area contributed by atoms with E-state index in [-0.39, 0.29) is 16.7 Å². The van der Waals surface area contributed by atoms with E-state index >= 15 is 0 Å². The fourth-order valence-electron chi connectivity index (χ4n) is 2.49. The van der Waals surface area contributed by atoms with E-state index in [1.165, 1.54) is 0 Å². The van der Waals surface area contributed by atoms with Gasteiger partial charge in [0.05, 0.1) is 36.9 Å². The molecule has 1 aliphatic heterocycles. The van der Waals surface area contributed by atoms with Gasteiger partial charge in [-0.3, -0.25) is 10.1 Å². The van der Waals surface area contributed by atoms with E-state index in [4.69, 9.17) is 4.74 Å². The lowest BCUT2D eigenvalue weighted by Gasteiger charge is -2.31. The highest BCUT2D eigenvalue weighted by Gasteiger charge is 2.38. The van der Waals surface area contributed by atoms with Crippen molar-refractivity contribution >= 4 is 45.2 Å². The Hall–Kier alpha value is -2.99. The van der Waals surface area contributed by atoms with Gasteiger partial charge in [-0.05, 0) is 6.07 Å². The highest BCUT2D eigenvalue weighted by atomic mass is 79.9. The zero-order valence-corrected chi connectivity index (χ0v) is 15.6. The van der Waals surface area contributed by atoms with Crippen LogP contribution in [-0.4, -0.2) is 55.5 Å². The van der Waals surface area contributed by atoms with Gasteiger partial charge in [-0.2, -0.15) is 0 Å². The van der Waals surface area contributed by atoms with Gasteiger partial charge in [0.1, 0.15) is 18.1 Å². The standard InChI is InChI=1S/C15H13BrN2O9/c1-25-14(21)9-5-27-6-17(12(9)15(22)26-2)11-8(13(19)20)3-7(16)4-10(11)18(23)24/h3-4H,5-6H2,1-2H3,(H,19,20). The van der Waals surface area contributed by atoms with Crippen LogP contribution in [-0.2, 0) is 23.8 Å². The molecule has 1 aromatic rings. The summed E-state index contributed by atoms with van der Waals surface area (Å²) in [7, 11) is 2.12. The number of carbonyl (C=O) groups is 3. The molecular weight excluding hydrogens is 432 g/mol. The van der Waals surface area contributed by atoms with Crippen LogP contribution in [0.15, 0.2) is 27.9 Å². The van der Waals surface area contributed by atoms with Crippen LogP contribution in [0.4, 0.5) is 11.4 Å². The lowest BCUT2D eigenvalue weighted by molar-refractivity contribution is -0.384. The Morgan fingerprint density at radius 3 is 2.41 bits per heavy atom. The minimum atomic E-state index is -1.48. The third-order valence-corrected chi connectivity index (χ3v) is 4.04. The lowest BCUT2D eigenvalue weighted by Crippen LogP contribution is -2.39. The number of rotatable bonds is 5. The topological polar surface area (TPSA) is 146 Å². The van der Waals surface area contributed by atoms with Crippen LogP contribution in [0.5, 0.6) is 0 Å². The molecule has 27 heavy (non-hydrogen) atoms. The van der Waals surface area contributed by atoms with Gasteiger partial charge < -0.3 is 24.2 Å². The van der Waals surface area contributed by atoms with Crippen LogP contribution < -0.4 is 4.90 Å². The average Bonchev–Trinajstić information content (AvgIpc) is 2.65. The molecule has 0 aliphatic carbocycles. The van der Waals surface area contributed by atoms with Crippen LogP contribution in [0.1, 0.15) is 10.4 Å². The second kappa shape index (κ2) is 8.14. The largest absolute Gasteiger partial charge is 0.478 e. The first-order chi connectivity index (χ1) is 12.7. The summed E-state index contributed by atoms with van der Waals surface area (Å²) < 4.78 is 14.6. The highest BCUT2D eigenvalue weighted by molar-refractivity contribution is 9.10. The van der Waals surface area contributed by atoms with Crippen molar-refractivity contribution in [3.05, 3.63) is 43.6 Å². The van der Waals surface area contributed by atoms with Crippen molar-refractivity contribution in [2.24, 2.45) is 0 Å². The number of anilines is 1. The summed E-state index contributed by atoms with van der Waals surface area (Å²) >= 11 is 3.02. The number of aromatic carboxylic acids is 1. The number of esters is 2. The molecule has 0 saturated carbocycles. The molecule has 0 saturated heterocycles. The number of carboxylic acids is 1. The number of hydrogen-bond donors (Lipinski definition) is 1. The number of ether oxygens (including phenoxy) is 3. The lowest BCUT2D eigenvalue weighted by atomic mass is 10.1. The van der Waals surface area contributed by atoms with Crippen molar-refractivity contribution in [2.45, 2.75) is 0 Å². The predicted octanol–water partition coefficient (Wildman–Crippen LogP) is 1.45. The summed E-state index contributed by atoms with van der Waals surface area (Å²) in [4.78, 5) is 47.6. The molecule has 1 heterocycles. The fraction of sp³-hybridized carbons (Fsp3) is 0.267. The SMILES string of the molecule is COC(=O)C1=C(C(=O)OC)N(c2c(C(=O)O)cc(Br)cc2[N+](=O)[O-])COC1. The number of nitro groups is 1. The number of methoxy groups -OCH3 is 2. The number of halogens is 1. The van der Waals surface area contributed by atoms with Gasteiger partial charge in [0.25, 0.3) is 5.69 Å². The first-order valence-electron chi connectivity index (χ1n) is 7.19. The second-order valence-corrected chi connectivity index (χ2v) is 6.01. The normalized spacial score (nSPS) is 14.0. The number of nitro benzene ring substituents is 1. The van der Waals surface area contributed by atoms with Gasteiger partial charge >= 0.3 is 17.9 Å². The van der Waals surface area contributed by atoms with Gasteiger partial charge in [-0.1, -0.05) is 15.9 Å². The molecule has 0 radical (unpaired) electrons. The first-order valence-corrected chi connectivity index (χ1v) is 7.98. The van der Waals surface area contributed by atoms with E-state index in [2.05, 4.69) is 25.4 Å². The van der Waals surface area contributed by atoms with Gasteiger partial charge in [-0.25, -0.2) is 14.4 Å². The van der Waals surface area contributed by atoms with Crippen LogP contribution in [0, 0.1) is 10.1 Å². The smallest absolute Gasteiger partial charge is 0.355 e. The van der Waals surface area contributed by atoms with Crippen molar-refractivity contribution < 1.29 is 38.6 Å². The Morgan fingerprint density at radius 2 is 1.89 bits per heavy atom. The number of carboxylic acid groups (broad SMARTS) is 1. The number of carbonyl (C=O) groups excluding carboxylic acids is 2. The van der Waals surface area contributed by atoms with Crippen molar-refractivity contribution in [2.75, 3.05) is 32.5 Å². The third kappa shape index (κ3) is 3.90. The van der Waals surface area contributed by atoms with Crippen LogP contribution in [0.2, 0.25) is 0 Å². The maximum absolute atomic E-state index is 12.3. The summed E-state index contributed by atoms with van der Waals surface area (Å²) in [6.07, 6.45) is 0. The van der Waals surface area contributed by atoms with Crippen molar-refractivity contribution in [3.8, 4) is 0 Å². The molecule has 2 rings (SSSR count). The summed E-state index contributed by atoms with van der Waals surface area (Å²) in [6.45, 7) is -0.742. The van der Waals surface area contributed by atoms with E-state index in [9.17, 15) is 29.6 Å². The molecule has 12 heteroatoms. The second-order valence-electron chi connectivity index (χ2n) is 5.10. The number of benzene rings is 1. The molecule has 0 spiro atoms. The molecule has 0 amide bonds. The fourth-order valence-corrected chi connectivity index (χ4v) is 2.94. The Labute approximate surface area is 160 Å². The van der Waals surface area contributed by atoms with Crippen LogP contribution in [0.3, 0.4) is 0 Å². The number of nitrogens with zero attached hydrogens (tertiary/aromatic N) is 2. The van der Waals surface area contributed by atoms with E-state index < -0.39 is 52.2 Å². The van der Waals surface area contributed by atoms with E-state index in [0.717, 1.165) is 31.3 Å². The molecule has 0 fully saturated rings. The number of hydrogen-bond acceptors (Lipinski definition) is 9. The maximum atomic E-state index is 12.3. The minimum absolute atomic E-state index is 0.144. The Bertz CT molecular complexity index is 830. The summed E-state index contributed by atoms with van der Waals surface area (Å²) in [6, 6.07) is 2.20. The first kappa shape index (κ1) is 20.3. The molecular formula is C15H13BrN2O9. The predicted molar refractivity (Wildman–Crippen MR) is 92.1 cm³/mol. The van der Waals surface area contributed by atoms with Crippen LogP contribution in [0.25, 0.3) is 0 Å². The van der Waals surface area contributed by atoms with E-state index in [1.807, 2.05) is 0 Å². The Balaban J connectivity index is 2.85. The van der Waals surface area contributed by atoms with E-state index in [1.54, 1.807) is 0 Å². The zero-order chi connectivity index (χ0) is 20.3. The minimum Gasteiger partial charge on any atom is -0.478 e. The zero-order valence-electron chi connectivity index (χ0n) is 14.1. The Kier molecular flexibility index (Phi) is 6.13. The molecule has 0 unspecified atom stereocenters. The molecule has 1 aromatic carbocycles. The van der Waals surface area contributed by atoms with Crippen molar-refractivity contribution in [1.29, 1.82) is 0 Å². The average molecular weight is 445 g/mol. The van der Waals surface area contributed by atoms with Gasteiger partial charge in [0.2, 0.25) is 0 Å². The molecule has 1 aliphatic rings. The Morgan fingerprint density at radius 1 is 1.26 bits per heavy atom. The molecule has 0 atom stereocenters. The summed E-state index contributed by atoms with van der Waals surface area (Å²) in [5, 5.41) is 21.0. The third-order valence-electron chi connectivity index (χ3n) is 3.58. The van der Waals surface area contributed by atoms with Crippen molar-refractivity contribution in [1.82, 2.24) is 0 Å². The molecule has 1 N–H and O–H groups in total. The van der Waals surface area contributed by atoms with Gasteiger partial charge in [-0.15, -0.1) is 0 Å². The summed E-state index contributed by atoms with van der Waals surface area (Å²) in [5.74, 6) is -3.41. The molecule has 11 nitrogen and oxygen atoms in total. The highest BCUT2D eigenvalue weighted by Crippen LogP contribution is 2.39. The molecule has 0 aromatic heterocycles. The quantitative estimate of drug-likeness (QED) is 0.401. The van der Waals surface area contributed by atoms with Gasteiger partial charge in [0.15, 0.2) is 0 Å². The maximum Gasteiger partial charge on any atom is 0.355 e. The molecule has 0 bridgehead atoms. The monoisotopic (exact) mass is 444 g/mol. The van der Waals surface area contributed by atoms with E-state index in [0.29, 0.717) is 0 Å².